The highest BCUT2D eigenvalue weighted by Crippen LogP contribution is 2.17. The minimum absolute atomic E-state index is 0.169. The number of nitrogens with two attached hydrogens (primary N) is 1. The smallest absolute Gasteiger partial charge is 0.123 e. The lowest BCUT2D eigenvalue weighted by Crippen LogP contribution is -2.32. The van der Waals surface area contributed by atoms with Crippen molar-refractivity contribution in [3.05, 3.63) is 29.6 Å². The number of anilines is 1. The van der Waals surface area contributed by atoms with Gasteiger partial charge in [0.25, 0.3) is 0 Å². The molecule has 1 rings (SSSR count). The van der Waals surface area contributed by atoms with Crippen molar-refractivity contribution >= 4 is 5.69 Å². The summed E-state index contributed by atoms with van der Waals surface area (Å²) >= 11 is 0. The van der Waals surface area contributed by atoms with Crippen LogP contribution in [0.3, 0.4) is 0 Å². The Bertz CT molecular complexity index is 355. The topological polar surface area (TPSA) is 49.5 Å². The van der Waals surface area contributed by atoms with Crippen molar-refractivity contribution in [2.24, 2.45) is 0 Å². The van der Waals surface area contributed by atoms with E-state index in [0.717, 1.165) is 12.1 Å². The molecule has 0 spiro atoms. The molecule has 1 aromatic rings. The molecule has 0 radical (unpaired) electrons. The molecule has 3 nitrogen and oxygen atoms in total. The van der Waals surface area contributed by atoms with Crippen molar-refractivity contribution in [1.29, 1.82) is 0 Å². The molecule has 96 valence electrons. The molecule has 0 heterocycles. The van der Waals surface area contributed by atoms with E-state index in [-0.39, 0.29) is 12.4 Å². The zero-order valence-corrected chi connectivity index (χ0v) is 10.5. The van der Waals surface area contributed by atoms with Gasteiger partial charge >= 0.3 is 0 Å². The van der Waals surface area contributed by atoms with Crippen LogP contribution in [0, 0.1) is 5.82 Å². The molecule has 0 amide bonds. The first-order valence-corrected chi connectivity index (χ1v) is 5.93. The van der Waals surface area contributed by atoms with Gasteiger partial charge in [-0.05, 0) is 44.0 Å². The van der Waals surface area contributed by atoms with Gasteiger partial charge < -0.3 is 10.8 Å². The average molecular weight is 240 g/mol. The number of aliphatic hydroxyl groups is 1. The predicted octanol–water partition coefficient (Wildman–Crippen LogP) is 2.00. The van der Waals surface area contributed by atoms with Gasteiger partial charge in [-0.15, -0.1) is 0 Å². The molecule has 0 saturated carbocycles. The van der Waals surface area contributed by atoms with Crippen LogP contribution in [0.5, 0.6) is 0 Å². The van der Waals surface area contributed by atoms with Gasteiger partial charge in [0, 0.05) is 31.4 Å². The van der Waals surface area contributed by atoms with Crippen LogP contribution in [0.15, 0.2) is 18.2 Å². The summed E-state index contributed by atoms with van der Waals surface area (Å²) < 4.78 is 13.1. The third-order valence-corrected chi connectivity index (χ3v) is 2.81. The molecule has 0 saturated heterocycles. The number of hydrogen-bond donors (Lipinski definition) is 2. The normalized spacial score (nSPS) is 11.4. The predicted molar refractivity (Wildman–Crippen MR) is 68.1 cm³/mol. The molecule has 0 fully saturated rings. The number of nitrogen functional groups attached to an aromatic ring is 1. The van der Waals surface area contributed by atoms with E-state index in [9.17, 15) is 4.39 Å². The maximum Gasteiger partial charge on any atom is 0.123 e. The first kappa shape index (κ1) is 13.9. The molecule has 4 heteroatoms. The lowest BCUT2D eigenvalue weighted by Gasteiger charge is -2.26. The monoisotopic (exact) mass is 240 g/mol. The molecule has 0 aliphatic rings. The Balaban J connectivity index is 2.74. The molecule has 0 aromatic heterocycles. The number of hydrogen-bond acceptors (Lipinski definition) is 3. The molecule has 0 aliphatic heterocycles. The summed E-state index contributed by atoms with van der Waals surface area (Å²) in [5.74, 6) is -0.264. The fourth-order valence-corrected chi connectivity index (χ4v) is 1.72. The third kappa shape index (κ3) is 4.32. The zero-order valence-electron chi connectivity index (χ0n) is 10.5. The second-order valence-corrected chi connectivity index (χ2v) is 4.48. The quantitative estimate of drug-likeness (QED) is 0.748. The Morgan fingerprint density at radius 2 is 2.12 bits per heavy atom. The number of rotatable bonds is 6. The lowest BCUT2D eigenvalue weighted by molar-refractivity contribution is 0.185. The van der Waals surface area contributed by atoms with Crippen LogP contribution < -0.4 is 5.73 Å². The highest BCUT2D eigenvalue weighted by Gasteiger charge is 2.11. The Morgan fingerprint density at radius 3 is 2.71 bits per heavy atom. The van der Waals surface area contributed by atoms with Gasteiger partial charge in [-0.2, -0.15) is 0 Å². The zero-order chi connectivity index (χ0) is 12.8. The molecule has 17 heavy (non-hydrogen) atoms. The Labute approximate surface area is 102 Å². The van der Waals surface area contributed by atoms with E-state index in [1.807, 2.05) is 0 Å². The van der Waals surface area contributed by atoms with Gasteiger partial charge in [-0.25, -0.2) is 4.39 Å². The molecule has 1 aromatic carbocycles. The molecular weight excluding hydrogens is 219 g/mol. The molecule has 0 atom stereocenters. The maximum absolute atomic E-state index is 13.1. The largest absolute Gasteiger partial charge is 0.398 e. The van der Waals surface area contributed by atoms with E-state index in [4.69, 9.17) is 10.8 Å². The SMILES string of the molecule is CC(C)N(CCCO)Cc1cc(F)ccc1N. The van der Waals surface area contributed by atoms with Crippen LogP contribution in [0.1, 0.15) is 25.8 Å². The van der Waals surface area contributed by atoms with Crippen molar-refractivity contribution < 1.29 is 9.50 Å². The van der Waals surface area contributed by atoms with Crippen molar-refractivity contribution in [1.82, 2.24) is 4.90 Å². The second-order valence-electron chi connectivity index (χ2n) is 4.48. The van der Waals surface area contributed by atoms with Crippen LogP contribution in [0.25, 0.3) is 0 Å². The van der Waals surface area contributed by atoms with Crippen LogP contribution in [-0.4, -0.2) is 29.2 Å². The summed E-state index contributed by atoms with van der Waals surface area (Å²) in [4.78, 5) is 2.17. The van der Waals surface area contributed by atoms with Gasteiger partial charge in [0.1, 0.15) is 5.82 Å². The standard InChI is InChI=1S/C13H21FN2O/c1-10(2)16(6-3-7-17)9-11-8-12(14)4-5-13(11)15/h4-5,8,10,17H,3,6-7,9,15H2,1-2H3. The summed E-state index contributed by atoms with van der Waals surface area (Å²) in [7, 11) is 0. The first-order chi connectivity index (χ1) is 8.04. The van der Waals surface area contributed by atoms with Crippen LogP contribution in [0.2, 0.25) is 0 Å². The van der Waals surface area contributed by atoms with E-state index in [1.54, 1.807) is 6.07 Å². The molecule has 0 unspecified atom stereocenters. The summed E-state index contributed by atoms with van der Waals surface area (Å²) in [5, 5.41) is 8.85. The Kier molecular flexibility index (Phi) is 5.38. The van der Waals surface area contributed by atoms with Crippen molar-refractivity contribution in [2.75, 3.05) is 18.9 Å². The number of benzene rings is 1. The minimum Gasteiger partial charge on any atom is -0.398 e. The summed E-state index contributed by atoms with van der Waals surface area (Å²) in [6.07, 6.45) is 0.716. The lowest BCUT2D eigenvalue weighted by atomic mass is 10.1. The molecule has 3 N–H and O–H groups in total. The molecule has 0 aliphatic carbocycles. The van der Waals surface area contributed by atoms with Gasteiger partial charge in [-0.1, -0.05) is 0 Å². The van der Waals surface area contributed by atoms with Gasteiger partial charge in [0.05, 0.1) is 0 Å². The maximum atomic E-state index is 13.1. The summed E-state index contributed by atoms with van der Waals surface area (Å²) in [6, 6.07) is 4.77. The fourth-order valence-electron chi connectivity index (χ4n) is 1.72. The highest BCUT2D eigenvalue weighted by molar-refractivity contribution is 5.46. The Hall–Kier alpha value is -1.13. The minimum atomic E-state index is -0.264. The summed E-state index contributed by atoms with van der Waals surface area (Å²) in [6.45, 7) is 5.72. The Morgan fingerprint density at radius 1 is 1.41 bits per heavy atom. The van der Waals surface area contributed by atoms with E-state index < -0.39 is 0 Å². The van der Waals surface area contributed by atoms with Crippen LogP contribution in [0.4, 0.5) is 10.1 Å². The number of halogens is 1. The van der Waals surface area contributed by atoms with E-state index in [1.165, 1.54) is 12.1 Å². The first-order valence-electron chi connectivity index (χ1n) is 5.93. The van der Waals surface area contributed by atoms with E-state index in [2.05, 4.69) is 18.7 Å². The average Bonchev–Trinajstić information content (AvgIpc) is 2.28. The van der Waals surface area contributed by atoms with Crippen molar-refractivity contribution in [3.63, 3.8) is 0 Å². The van der Waals surface area contributed by atoms with E-state index >= 15 is 0 Å². The van der Waals surface area contributed by atoms with E-state index in [0.29, 0.717) is 24.7 Å². The third-order valence-electron chi connectivity index (χ3n) is 2.81. The van der Waals surface area contributed by atoms with Crippen LogP contribution in [-0.2, 0) is 6.54 Å². The van der Waals surface area contributed by atoms with Gasteiger partial charge in [0.2, 0.25) is 0 Å². The molecule has 0 bridgehead atoms. The molecular formula is C13H21FN2O. The van der Waals surface area contributed by atoms with Gasteiger partial charge in [0.15, 0.2) is 0 Å². The van der Waals surface area contributed by atoms with Crippen LogP contribution >= 0.6 is 0 Å². The number of nitrogens with zero attached hydrogens (tertiary/aromatic N) is 1. The van der Waals surface area contributed by atoms with Crippen molar-refractivity contribution in [2.45, 2.75) is 32.9 Å². The van der Waals surface area contributed by atoms with Gasteiger partial charge in [-0.3, -0.25) is 4.90 Å². The fraction of sp³-hybridized carbons (Fsp3) is 0.538. The number of aliphatic hydroxyl groups excluding tert-OH is 1. The van der Waals surface area contributed by atoms with Crippen molar-refractivity contribution in [3.8, 4) is 0 Å². The highest BCUT2D eigenvalue weighted by atomic mass is 19.1. The summed E-state index contributed by atoms with van der Waals surface area (Å²) in [5.41, 5.74) is 7.24. The second kappa shape index (κ2) is 6.57.